The first-order valence-corrected chi connectivity index (χ1v) is 8.73. The zero-order valence-corrected chi connectivity index (χ0v) is 12.7. The van der Waals surface area contributed by atoms with Gasteiger partial charge >= 0.3 is 0 Å². The molecule has 0 spiro atoms. The molecule has 1 saturated heterocycles. The lowest BCUT2D eigenvalue weighted by Crippen LogP contribution is -2.22. The lowest BCUT2D eigenvalue weighted by atomic mass is 10.2. The molecule has 100 valence electrons. The van der Waals surface area contributed by atoms with Crippen molar-refractivity contribution in [2.45, 2.75) is 30.3 Å². The summed E-state index contributed by atoms with van der Waals surface area (Å²) in [6.07, 6.45) is 6.57. The molecule has 1 aromatic carbocycles. The summed E-state index contributed by atoms with van der Waals surface area (Å²) in [4.78, 5) is 8.39. The van der Waals surface area contributed by atoms with Gasteiger partial charge in [-0.05, 0) is 43.3 Å². The first kappa shape index (κ1) is 13.2. The van der Waals surface area contributed by atoms with E-state index in [9.17, 15) is 0 Å². The second-order valence-electron chi connectivity index (χ2n) is 4.85. The standard InChI is InChI=1S/C15H18N2S2/c1-18-13-6-4-12(5-7-13)11-17-9-2-3-14(17)15-16-8-10-19-15/h4-8,10,14H,2-3,9,11H2,1H3/t14-/m1/s1. The molecule has 0 aliphatic carbocycles. The Labute approximate surface area is 122 Å². The topological polar surface area (TPSA) is 16.1 Å². The zero-order chi connectivity index (χ0) is 13.1. The van der Waals surface area contributed by atoms with Gasteiger partial charge in [0.15, 0.2) is 0 Å². The molecule has 4 heteroatoms. The second kappa shape index (κ2) is 6.07. The molecule has 1 aromatic heterocycles. The van der Waals surface area contributed by atoms with Crippen LogP contribution >= 0.6 is 23.1 Å². The fourth-order valence-corrected chi connectivity index (χ4v) is 3.87. The van der Waals surface area contributed by atoms with E-state index >= 15 is 0 Å². The number of thioether (sulfide) groups is 1. The van der Waals surface area contributed by atoms with Crippen molar-refractivity contribution in [3.63, 3.8) is 0 Å². The van der Waals surface area contributed by atoms with Gasteiger partial charge in [-0.1, -0.05) is 12.1 Å². The van der Waals surface area contributed by atoms with Crippen molar-refractivity contribution < 1.29 is 0 Å². The van der Waals surface area contributed by atoms with Crippen LogP contribution in [-0.2, 0) is 6.54 Å². The lowest BCUT2D eigenvalue weighted by molar-refractivity contribution is 0.248. The highest BCUT2D eigenvalue weighted by Crippen LogP contribution is 2.34. The van der Waals surface area contributed by atoms with Gasteiger partial charge in [-0.15, -0.1) is 23.1 Å². The van der Waals surface area contributed by atoms with Gasteiger partial charge in [0, 0.05) is 23.0 Å². The summed E-state index contributed by atoms with van der Waals surface area (Å²) in [7, 11) is 0. The van der Waals surface area contributed by atoms with Crippen molar-refractivity contribution in [2.75, 3.05) is 12.8 Å². The number of thiazole rings is 1. The van der Waals surface area contributed by atoms with Gasteiger partial charge in [0.25, 0.3) is 0 Å². The predicted octanol–water partition coefficient (Wildman–Crippen LogP) is 4.20. The van der Waals surface area contributed by atoms with Crippen LogP contribution in [0.5, 0.6) is 0 Å². The average molecular weight is 290 g/mol. The summed E-state index contributed by atoms with van der Waals surface area (Å²) in [6.45, 7) is 2.23. The van der Waals surface area contributed by atoms with Gasteiger partial charge in [0.1, 0.15) is 5.01 Å². The molecule has 2 nitrogen and oxygen atoms in total. The van der Waals surface area contributed by atoms with E-state index in [1.54, 1.807) is 23.1 Å². The maximum atomic E-state index is 4.49. The quantitative estimate of drug-likeness (QED) is 0.785. The van der Waals surface area contributed by atoms with Crippen LogP contribution in [0.1, 0.15) is 29.5 Å². The molecule has 0 bridgehead atoms. The van der Waals surface area contributed by atoms with E-state index < -0.39 is 0 Å². The smallest absolute Gasteiger partial charge is 0.110 e. The van der Waals surface area contributed by atoms with E-state index in [1.165, 1.54) is 34.9 Å². The summed E-state index contributed by atoms with van der Waals surface area (Å²) in [5.41, 5.74) is 1.40. The Morgan fingerprint density at radius 2 is 2.21 bits per heavy atom. The molecule has 0 saturated carbocycles. The molecule has 1 aliphatic rings. The summed E-state index contributed by atoms with van der Waals surface area (Å²) >= 11 is 3.58. The van der Waals surface area contributed by atoms with Crippen LogP contribution in [0.25, 0.3) is 0 Å². The minimum absolute atomic E-state index is 0.528. The SMILES string of the molecule is CSc1ccc(CN2CCC[C@@H]2c2nccs2)cc1. The maximum absolute atomic E-state index is 4.49. The van der Waals surface area contributed by atoms with Crippen LogP contribution in [-0.4, -0.2) is 22.7 Å². The highest BCUT2D eigenvalue weighted by molar-refractivity contribution is 7.98. The highest BCUT2D eigenvalue weighted by atomic mass is 32.2. The van der Waals surface area contributed by atoms with E-state index in [0.717, 1.165) is 6.54 Å². The fraction of sp³-hybridized carbons (Fsp3) is 0.400. The number of aromatic nitrogens is 1. The molecule has 0 radical (unpaired) electrons. The number of nitrogens with zero attached hydrogens (tertiary/aromatic N) is 2. The number of likely N-dealkylation sites (tertiary alicyclic amines) is 1. The van der Waals surface area contributed by atoms with Crippen molar-refractivity contribution in [3.8, 4) is 0 Å². The number of hydrogen-bond donors (Lipinski definition) is 0. The van der Waals surface area contributed by atoms with E-state index in [4.69, 9.17) is 0 Å². The Morgan fingerprint density at radius 3 is 2.89 bits per heavy atom. The van der Waals surface area contributed by atoms with Gasteiger partial charge in [-0.25, -0.2) is 4.98 Å². The van der Waals surface area contributed by atoms with Crippen molar-refractivity contribution in [3.05, 3.63) is 46.4 Å². The Hall–Kier alpha value is -0.840. The third-order valence-electron chi connectivity index (χ3n) is 3.64. The molecule has 0 unspecified atom stereocenters. The molecule has 3 rings (SSSR count). The van der Waals surface area contributed by atoms with Crippen molar-refractivity contribution in [1.29, 1.82) is 0 Å². The average Bonchev–Trinajstić information content (AvgIpc) is 3.10. The van der Waals surface area contributed by atoms with Crippen LogP contribution in [0.4, 0.5) is 0 Å². The second-order valence-corrected chi connectivity index (χ2v) is 6.65. The molecule has 0 amide bonds. The molecule has 0 N–H and O–H groups in total. The monoisotopic (exact) mass is 290 g/mol. The van der Waals surface area contributed by atoms with Crippen LogP contribution in [0.2, 0.25) is 0 Å². The Morgan fingerprint density at radius 1 is 1.37 bits per heavy atom. The van der Waals surface area contributed by atoms with E-state index in [-0.39, 0.29) is 0 Å². The van der Waals surface area contributed by atoms with Crippen LogP contribution < -0.4 is 0 Å². The van der Waals surface area contributed by atoms with Crippen LogP contribution in [0.3, 0.4) is 0 Å². The van der Waals surface area contributed by atoms with Crippen LogP contribution in [0, 0.1) is 0 Å². The minimum atomic E-state index is 0.528. The third kappa shape index (κ3) is 3.02. The normalized spacial score (nSPS) is 19.9. The predicted molar refractivity (Wildman–Crippen MR) is 82.7 cm³/mol. The van der Waals surface area contributed by atoms with Gasteiger partial charge < -0.3 is 0 Å². The Bertz CT molecular complexity index is 507. The van der Waals surface area contributed by atoms with Gasteiger partial charge in [0.05, 0.1) is 6.04 Å². The first-order chi connectivity index (χ1) is 9.36. The molecule has 19 heavy (non-hydrogen) atoms. The largest absolute Gasteiger partial charge is 0.290 e. The maximum Gasteiger partial charge on any atom is 0.110 e. The highest BCUT2D eigenvalue weighted by Gasteiger charge is 2.27. The minimum Gasteiger partial charge on any atom is -0.290 e. The third-order valence-corrected chi connectivity index (χ3v) is 5.27. The molecule has 2 heterocycles. The lowest BCUT2D eigenvalue weighted by Gasteiger charge is -2.22. The summed E-state index contributed by atoms with van der Waals surface area (Å²) in [5.74, 6) is 0. The number of rotatable bonds is 4. The fourth-order valence-electron chi connectivity index (χ4n) is 2.66. The summed E-state index contributed by atoms with van der Waals surface area (Å²) < 4.78 is 0. The van der Waals surface area contributed by atoms with E-state index in [1.807, 2.05) is 6.20 Å². The van der Waals surface area contributed by atoms with Crippen molar-refractivity contribution in [2.24, 2.45) is 0 Å². The van der Waals surface area contributed by atoms with E-state index in [0.29, 0.717) is 6.04 Å². The Balaban J connectivity index is 1.71. The molecule has 2 aromatic rings. The Kier molecular flexibility index (Phi) is 4.21. The van der Waals surface area contributed by atoms with Crippen molar-refractivity contribution >= 4 is 23.1 Å². The summed E-state index contributed by atoms with van der Waals surface area (Å²) in [5, 5.41) is 3.36. The van der Waals surface area contributed by atoms with Gasteiger partial charge in [0.2, 0.25) is 0 Å². The summed E-state index contributed by atoms with van der Waals surface area (Å²) in [6, 6.07) is 9.47. The van der Waals surface area contributed by atoms with Gasteiger partial charge in [-0.2, -0.15) is 0 Å². The number of hydrogen-bond acceptors (Lipinski definition) is 4. The molecular formula is C15H18N2S2. The zero-order valence-electron chi connectivity index (χ0n) is 11.1. The molecule has 1 fully saturated rings. The molecule has 1 atom stereocenters. The molecule has 1 aliphatic heterocycles. The van der Waals surface area contributed by atoms with Crippen molar-refractivity contribution in [1.82, 2.24) is 9.88 Å². The van der Waals surface area contributed by atoms with Gasteiger partial charge in [-0.3, -0.25) is 4.90 Å². The van der Waals surface area contributed by atoms with E-state index in [2.05, 4.69) is 45.8 Å². The van der Waals surface area contributed by atoms with Crippen LogP contribution in [0.15, 0.2) is 40.7 Å². The first-order valence-electron chi connectivity index (χ1n) is 6.63. The number of benzene rings is 1. The molecular weight excluding hydrogens is 272 g/mol.